The van der Waals surface area contributed by atoms with Gasteiger partial charge in [-0.05, 0) is 55.8 Å². The Kier molecular flexibility index (Phi) is 5.42. The Hall–Kier alpha value is -1.18. The molecule has 5 unspecified atom stereocenters. The third-order valence-electron chi connectivity index (χ3n) is 10.1. The molecule has 1 heterocycles. The third kappa shape index (κ3) is 3.10. The van der Waals surface area contributed by atoms with Crippen LogP contribution >= 0.6 is 0 Å². The lowest BCUT2D eigenvalue weighted by Gasteiger charge is -2.64. The molecule has 1 saturated heterocycles. The molecule has 5 rings (SSSR count). The fourth-order valence-electron chi connectivity index (χ4n) is 8.75. The quantitative estimate of drug-likeness (QED) is 0.646. The highest BCUT2D eigenvalue weighted by Crippen LogP contribution is 2.70. The summed E-state index contributed by atoms with van der Waals surface area (Å²) in [7, 11) is 0. The van der Waals surface area contributed by atoms with Gasteiger partial charge < -0.3 is 24.1 Å². The number of hydrogen-bond donors (Lipinski definition) is 1. The van der Waals surface area contributed by atoms with Crippen LogP contribution in [0.2, 0.25) is 0 Å². The molecule has 1 aliphatic heterocycles. The summed E-state index contributed by atoms with van der Waals surface area (Å²) in [6.45, 7) is 8.71. The van der Waals surface area contributed by atoms with E-state index in [0.29, 0.717) is 25.6 Å². The number of rotatable bonds is 2. The molecule has 0 radical (unpaired) electrons. The maximum Gasteiger partial charge on any atom is 0.303 e. The third-order valence-corrected chi connectivity index (χ3v) is 10.1. The summed E-state index contributed by atoms with van der Waals surface area (Å²) in [4.78, 5) is 24.5. The van der Waals surface area contributed by atoms with Crippen LogP contribution in [-0.4, -0.2) is 54.4 Å². The number of carbonyl (C=O) groups is 2. The van der Waals surface area contributed by atoms with Crippen molar-refractivity contribution in [1.29, 1.82) is 0 Å². The Bertz CT molecular complexity index is 776. The van der Waals surface area contributed by atoms with Crippen molar-refractivity contribution >= 4 is 11.9 Å². The van der Waals surface area contributed by atoms with E-state index in [2.05, 4.69) is 13.8 Å². The summed E-state index contributed by atoms with van der Waals surface area (Å²) in [5.41, 5.74) is -0.240. The van der Waals surface area contributed by atoms with Gasteiger partial charge in [-0.25, -0.2) is 0 Å². The van der Waals surface area contributed by atoms with Gasteiger partial charge in [-0.3, -0.25) is 9.59 Å². The van der Waals surface area contributed by atoms with Crippen molar-refractivity contribution in [3.8, 4) is 0 Å². The molecule has 0 aromatic carbocycles. The first-order chi connectivity index (χ1) is 15.1. The Morgan fingerprint density at radius 1 is 0.844 bits per heavy atom. The molecular formula is C25H38O7. The van der Waals surface area contributed by atoms with Gasteiger partial charge in [0.15, 0.2) is 5.79 Å². The standard InChI is InChI=1S/C25H38O7/c1-14(26)31-21-19-13-16(28)5-8-23(19,3)17-6-9-24(4)18(20(17)22(21)32-15(2)27)7-10-25(24)29-11-12-30-25/h16-22,28H,5-13H2,1-4H3/t16-,17?,18?,19?,20?,21+,22?,23+,24-/m0/s1. The molecule has 7 heteroatoms. The van der Waals surface area contributed by atoms with Crippen molar-refractivity contribution in [2.45, 2.75) is 96.7 Å². The number of carbonyl (C=O) groups excluding carboxylic acids is 2. The maximum atomic E-state index is 12.3. The summed E-state index contributed by atoms with van der Waals surface area (Å²) in [5, 5.41) is 10.5. The first-order valence-corrected chi connectivity index (χ1v) is 12.4. The molecule has 4 saturated carbocycles. The highest BCUT2D eigenvalue weighted by atomic mass is 16.7. The smallest absolute Gasteiger partial charge is 0.303 e. The fourth-order valence-corrected chi connectivity index (χ4v) is 8.75. The zero-order chi connectivity index (χ0) is 22.9. The Labute approximate surface area is 190 Å². The van der Waals surface area contributed by atoms with Crippen LogP contribution in [0.4, 0.5) is 0 Å². The second kappa shape index (κ2) is 7.67. The number of ether oxygens (including phenoxy) is 4. The highest BCUT2D eigenvalue weighted by Gasteiger charge is 2.71. The van der Waals surface area contributed by atoms with Gasteiger partial charge in [0.2, 0.25) is 0 Å². The van der Waals surface area contributed by atoms with Gasteiger partial charge in [-0.15, -0.1) is 0 Å². The van der Waals surface area contributed by atoms with E-state index in [9.17, 15) is 14.7 Å². The summed E-state index contributed by atoms with van der Waals surface area (Å²) in [6.07, 6.45) is 4.58. The molecule has 4 aliphatic carbocycles. The van der Waals surface area contributed by atoms with E-state index in [0.717, 1.165) is 38.5 Å². The van der Waals surface area contributed by atoms with Gasteiger partial charge in [0.05, 0.1) is 19.3 Å². The largest absolute Gasteiger partial charge is 0.458 e. The first-order valence-electron chi connectivity index (χ1n) is 12.4. The Balaban J connectivity index is 1.59. The maximum absolute atomic E-state index is 12.3. The van der Waals surface area contributed by atoms with E-state index in [1.807, 2.05) is 0 Å². The van der Waals surface area contributed by atoms with Crippen LogP contribution in [0.5, 0.6) is 0 Å². The zero-order valence-corrected chi connectivity index (χ0v) is 19.8. The van der Waals surface area contributed by atoms with Crippen molar-refractivity contribution in [3.05, 3.63) is 0 Å². The predicted octanol–water partition coefficient (Wildman–Crippen LogP) is 3.22. The SMILES string of the molecule is CC(=O)OC1C2C(CC[C@@]3(C)C2CCC32OCCO2)[C@@]2(C)CC[C@H](O)CC2[C@H]1OC(C)=O. The van der Waals surface area contributed by atoms with Crippen LogP contribution in [0.25, 0.3) is 0 Å². The number of aliphatic hydroxyl groups is 1. The molecule has 32 heavy (non-hydrogen) atoms. The molecule has 9 atom stereocenters. The fraction of sp³-hybridized carbons (Fsp3) is 0.920. The molecule has 1 spiro atoms. The van der Waals surface area contributed by atoms with Crippen LogP contribution < -0.4 is 0 Å². The molecule has 1 N–H and O–H groups in total. The molecule has 5 aliphatic rings. The lowest BCUT2D eigenvalue weighted by atomic mass is 9.43. The number of esters is 2. The molecule has 7 nitrogen and oxygen atoms in total. The molecule has 0 amide bonds. The first kappa shape index (κ1) is 22.6. The number of aliphatic hydroxyl groups excluding tert-OH is 1. The lowest BCUT2D eigenvalue weighted by molar-refractivity contribution is -0.273. The van der Waals surface area contributed by atoms with Gasteiger partial charge in [-0.2, -0.15) is 0 Å². The van der Waals surface area contributed by atoms with Crippen LogP contribution in [-0.2, 0) is 28.5 Å². The molecule has 5 fully saturated rings. The molecule has 0 bridgehead atoms. The van der Waals surface area contributed by atoms with E-state index < -0.39 is 24.1 Å². The molecular weight excluding hydrogens is 412 g/mol. The zero-order valence-electron chi connectivity index (χ0n) is 19.8. The van der Waals surface area contributed by atoms with Crippen LogP contribution in [0.1, 0.15) is 72.6 Å². The Morgan fingerprint density at radius 2 is 1.47 bits per heavy atom. The van der Waals surface area contributed by atoms with Crippen molar-refractivity contribution in [2.24, 2.45) is 34.5 Å². The highest BCUT2D eigenvalue weighted by molar-refractivity contribution is 5.67. The van der Waals surface area contributed by atoms with E-state index in [4.69, 9.17) is 18.9 Å². The number of hydrogen-bond acceptors (Lipinski definition) is 7. The van der Waals surface area contributed by atoms with E-state index >= 15 is 0 Å². The minimum absolute atomic E-state index is 0.0283. The number of fused-ring (bicyclic) bond motifs is 6. The van der Waals surface area contributed by atoms with Crippen molar-refractivity contribution < 1.29 is 33.6 Å². The summed E-state index contributed by atoms with van der Waals surface area (Å²) in [5.74, 6) is -0.626. The average molecular weight is 451 g/mol. The van der Waals surface area contributed by atoms with Crippen molar-refractivity contribution in [2.75, 3.05) is 13.2 Å². The topological polar surface area (TPSA) is 91.3 Å². The molecule has 0 aromatic heterocycles. The summed E-state index contributed by atoms with van der Waals surface area (Å²) < 4.78 is 24.5. The molecule has 0 aromatic rings. The van der Waals surface area contributed by atoms with E-state index in [1.54, 1.807) is 0 Å². The van der Waals surface area contributed by atoms with Crippen LogP contribution in [0.15, 0.2) is 0 Å². The Morgan fingerprint density at radius 3 is 2.12 bits per heavy atom. The van der Waals surface area contributed by atoms with Crippen molar-refractivity contribution in [1.82, 2.24) is 0 Å². The second-order valence-corrected chi connectivity index (χ2v) is 11.4. The van der Waals surface area contributed by atoms with Gasteiger partial charge in [0.1, 0.15) is 12.2 Å². The van der Waals surface area contributed by atoms with Gasteiger partial charge in [-0.1, -0.05) is 13.8 Å². The molecule has 180 valence electrons. The minimum Gasteiger partial charge on any atom is -0.458 e. The van der Waals surface area contributed by atoms with Gasteiger partial charge in [0.25, 0.3) is 0 Å². The summed E-state index contributed by atoms with van der Waals surface area (Å²) >= 11 is 0. The van der Waals surface area contributed by atoms with Crippen LogP contribution in [0.3, 0.4) is 0 Å². The minimum atomic E-state index is -0.555. The monoisotopic (exact) mass is 450 g/mol. The summed E-state index contributed by atoms with van der Waals surface area (Å²) in [6, 6.07) is 0. The predicted molar refractivity (Wildman–Crippen MR) is 114 cm³/mol. The van der Waals surface area contributed by atoms with Crippen molar-refractivity contribution in [3.63, 3.8) is 0 Å². The van der Waals surface area contributed by atoms with Gasteiger partial charge in [0, 0.05) is 37.5 Å². The van der Waals surface area contributed by atoms with E-state index in [1.165, 1.54) is 13.8 Å². The lowest BCUT2D eigenvalue weighted by Crippen LogP contribution is -2.66. The van der Waals surface area contributed by atoms with Crippen LogP contribution in [0, 0.1) is 34.5 Å². The second-order valence-electron chi connectivity index (χ2n) is 11.4. The van der Waals surface area contributed by atoms with E-state index in [-0.39, 0.29) is 40.5 Å². The van der Waals surface area contributed by atoms with Gasteiger partial charge >= 0.3 is 11.9 Å². The normalized spacial score (nSPS) is 49.1. The average Bonchev–Trinajstić information content (AvgIpc) is 3.31.